The molecule has 3 N–H and O–H groups in total. The summed E-state index contributed by atoms with van der Waals surface area (Å²) in [5.41, 5.74) is 2.17. The molecule has 23 heavy (non-hydrogen) atoms. The Bertz CT molecular complexity index is 1010. The van der Waals surface area contributed by atoms with Gasteiger partial charge in [0.25, 0.3) is 0 Å². The van der Waals surface area contributed by atoms with Crippen LogP contribution in [0, 0.1) is 0 Å². The Labute approximate surface area is 136 Å². The molecule has 1 amide bonds. The number of pyridine rings is 1. The average molecular weight is 348 g/mol. The van der Waals surface area contributed by atoms with E-state index in [0.29, 0.717) is 10.7 Å². The zero-order chi connectivity index (χ0) is 16.6. The fraction of sp³-hybridized carbons (Fsp3) is 0.0714. The quantitative estimate of drug-likeness (QED) is 0.751. The first-order chi connectivity index (χ1) is 10.8. The molecule has 0 fully saturated rings. The highest BCUT2D eigenvalue weighted by atomic mass is 32.2. The second-order valence-corrected chi connectivity index (χ2v) is 7.43. The van der Waals surface area contributed by atoms with E-state index >= 15 is 0 Å². The van der Waals surface area contributed by atoms with E-state index < -0.39 is 10.0 Å². The standard InChI is InChI=1S/C14H12N4O3S2/c1-8(19)17-14-18-12-3-2-9(5-13(12)22-14)10-4-11(7-16-6-10)23(15,20)21/h2-7H,1H3,(H2,15,20,21)(H,17,18,19). The second-order valence-electron chi connectivity index (χ2n) is 4.84. The largest absolute Gasteiger partial charge is 0.302 e. The number of nitrogens with two attached hydrogens (primary N) is 1. The predicted molar refractivity (Wildman–Crippen MR) is 88.5 cm³/mol. The molecule has 0 unspecified atom stereocenters. The van der Waals surface area contributed by atoms with E-state index in [1.807, 2.05) is 12.1 Å². The van der Waals surface area contributed by atoms with Crippen LogP contribution < -0.4 is 10.5 Å². The number of sulfonamides is 1. The lowest BCUT2D eigenvalue weighted by Crippen LogP contribution is -2.12. The normalized spacial score (nSPS) is 11.6. The first kappa shape index (κ1) is 15.5. The van der Waals surface area contributed by atoms with Gasteiger partial charge in [-0.15, -0.1) is 0 Å². The molecule has 118 valence electrons. The third-order valence-corrected chi connectivity index (χ3v) is 4.86. The Morgan fingerprint density at radius 1 is 1.22 bits per heavy atom. The van der Waals surface area contributed by atoms with Gasteiger partial charge >= 0.3 is 0 Å². The van der Waals surface area contributed by atoms with Crippen molar-refractivity contribution in [1.82, 2.24) is 9.97 Å². The number of carbonyl (C=O) groups is 1. The van der Waals surface area contributed by atoms with Gasteiger partial charge in [0.1, 0.15) is 4.90 Å². The lowest BCUT2D eigenvalue weighted by molar-refractivity contribution is -0.114. The summed E-state index contributed by atoms with van der Waals surface area (Å²) < 4.78 is 23.7. The zero-order valence-corrected chi connectivity index (χ0v) is 13.6. The molecule has 7 nitrogen and oxygen atoms in total. The van der Waals surface area contributed by atoms with Gasteiger partial charge in [0.05, 0.1) is 10.2 Å². The Morgan fingerprint density at radius 2 is 2.00 bits per heavy atom. The number of nitrogens with zero attached hydrogens (tertiary/aromatic N) is 2. The van der Waals surface area contributed by atoms with Gasteiger partial charge in [0.2, 0.25) is 15.9 Å². The van der Waals surface area contributed by atoms with Crippen LogP contribution in [0.2, 0.25) is 0 Å². The van der Waals surface area contributed by atoms with Gasteiger partial charge in [-0.05, 0) is 23.8 Å². The smallest absolute Gasteiger partial charge is 0.239 e. The van der Waals surface area contributed by atoms with Crippen LogP contribution in [0.15, 0.2) is 41.6 Å². The molecule has 3 aromatic rings. The maximum absolute atomic E-state index is 11.4. The SMILES string of the molecule is CC(=O)Nc1nc2ccc(-c3cncc(S(N)(=O)=O)c3)cc2s1. The molecule has 0 saturated heterocycles. The molecule has 0 aliphatic heterocycles. The first-order valence-electron chi connectivity index (χ1n) is 6.49. The highest BCUT2D eigenvalue weighted by Crippen LogP contribution is 2.30. The van der Waals surface area contributed by atoms with Crippen molar-refractivity contribution in [2.24, 2.45) is 5.14 Å². The van der Waals surface area contributed by atoms with Gasteiger partial charge < -0.3 is 5.32 Å². The molecule has 0 saturated carbocycles. The van der Waals surface area contributed by atoms with Crippen molar-refractivity contribution in [3.8, 4) is 11.1 Å². The number of hydrogen-bond acceptors (Lipinski definition) is 6. The van der Waals surface area contributed by atoms with Gasteiger partial charge in [-0.3, -0.25) is 9.78 Å². The number of anilines is 1. The molecule has 0 atom stereocenters. The van der Waals surface area contributed by atoms with Gasteiger partial charge in [-0.1, -0.05) is 17.4 Å². The topological polar surface area (TPSA) is 115 Å². The highest BCUT2D eigenvalue weighted by molar-refractivity contribution is 7.89. The number of fused-ring (bicyclic) bond motifs is 1. The second kappa shape index (κ2) is 5.69. The summed E-state index contributed by atoms with van der Waals surface area (Å²) >= 11 is 1.34. The van der Waals surface area contributed by atoms with Crippen LogP contribution in [0.5, 0.6) is 0 Å². The monoisotopic (exact) mass is 348 g/mol. The van der Waals surface area contributed by atoms with Crippen molar-refractivity contribution in [2.75, 3.05) is 5.32 Å². The lowest BCUT2D eigenvalue weighted by atomic mass is 10.1. The molecule has 0 radical (unpaired) electrons. The Balaban J connectivity index is 2.05. The third kappa shape index (κ3) is 3.36. The molecular formula is C14H12N4O3S2. The van der Waals surface area contributed by atoms with Crippen molar-refractivity contribution < 1.29 is 13.2 Å². The van der Waals surface area contributed by atoms with Gasteiger partial charge in [0, 0.05) is 24.9 Å². The summed E-state index contributed by atoms with van der Waals surface area (Å²) in [4.78, 5) is 19.3. The molecule has 0 spiro atoms. The van der Waals surface area contributed by atoms with Crippen LogP contribution in [0.25, 0.3) is 21.3 Å². The van der Waals surface area contributed by atoms with Crippen molar-refractivity contribution in [2.45, 2.75) is 11.8 Å². The minimum absolute atomic E-state index is 0.0432. The van der Waals surface area contributed by atoms with Crippen molar-refractivity contribution in [3.63, 3.8) is 0 Å². The Hall–Kier alpha value is -2.36. The summed E-state index contributed by atoms with van der Waals surface area (Å²) in [6.45, 7) is 1.42. The number of benzene rings is 1. The molecule has 3 rings (SSSR count). The van der Waals surface area contributed by atoms with E-state index in [2.05, 4.69) is 15.3 Å². The molecular weight excluding hydrogens is 336 g/mol. The summed E-state index contributed by atoms with van der Waals surface area (Å²) in [5, 5.41) is 8.29. The fourth-order valence-electron chi connectivity index (χ4n) is 2.04. The minimum Gasteiger partial charge on any atom is -0.302 e. The summed E-state index contributed by atoms with van der Waals surface area (Å²) in [6.07, 6.45) is 2.77. The number of carbonyl (C=O) groups excluding carboxylic acids is 1. The van der Waals surface area contributed by atoms with Crippen LogP contribution in [0.1, 0.15) is 6.92 Å². The molecule has 2 aromatic heterocycles. The molecule has 9 heteroatoms. The van der Waals surface area contributed by atoms with Crippen LogP contribution in [-0.4, -0.2) is 24.3 Å². The lowest BCUT2D eigenvalue weighted by Gasteiger charge is -2.03. The fourth-order valence-corrected chi connectivity index (χ4v) is 3.49. The number of hydrogen-bond donors (Lipinski definition) is 2. The number of aromatic nitrogens is 2. The number of rotatable bonds is 3. The van der Waals surface area contributed by atoms with Crippen LogP contribution in [0.3, 0.4) is 0 Å². The summed E-state index contributed by atoms with van der Waals surface area (Å²) in [7, 11) is -3.80. The van der Waals surface area contributed by atoms with Crippen molar-refractivity contribution in [3.05, 3.63) is 36.7 Å². The van der Waals surface area contributed by atoms with Crippen LogP contribution in [-0.2, 0) is 14.8 Å². The van der Waals surface area contributed by atoms with E-state index in [-0.39, 0.29) is 10.8 Å². The molecule has 1 aromatic carbocycles. The number of nitrogens with one attached hydrogen (secondary N) is 1. The molecule has 2 heterocycles. The van der Waals surface area contributed by atoms with E-state index in [4.69, 9.17) is 5.14 Å². The van der Waals surface area contributed by atoms with Crippen LogP contribution >= 0.6 is 11.3 Å². The molecule has 0 bridgehead atoms. The highest BCUT2D eigenvalue weighted by Gasteiger charge is 2.11. The maximum Gasteiger partial charge on any atom is 0.239 e. The molecule has 0 aliphatic carbocycles. The summed E-state index contributed by atoms with van der Waals surface area (Å²) in [6, 6.07) is 6.95. The van der Waals surface area contributed by atoms with E-state index in [1.54, 1.807) is 12.3 Å². The zero-order valence-electron chi connectivity index (χ0n) is 12.0. The van der Waals surface area contributed by atoms with Crippen LogP contribution in [0.4, 0.5) is 5.13 Å². The summed E-state index contributed by atoms with van der Waals surface area (Å²) in [5.74, 6) is -0.186. The number of primary sulfonamides is 1. The van der Waals surface area contributed by atoms with E-state index in [0.717, 1.165) is 15.8 Å². The van der Waals surface area contributed by atoms with E-state index in [1.165, 1.54) is 30.5 Å². The van der Waals surface area contributed by atoms with Crippen molar-refractivity contribution >= 4 is 42.6 Å². The van der Waals surface area contributed by atoms with Gasteiger partial charge in [-0.25, -0.2) is 18.5 Å². The Morgan fingerprint density at radius 3 is 2.70 bits per heavy atom. The first-order valence-corrected chi connectivity index (χ1v) is 8.85. The third-order valence-electron chi connectivity index (χ3n) is 3.05. The minimum atomic E-state index is -3.80. The number of amides is 1. The molecule has 0 aliphatic rings. The van der Waals surface area contributed by atoms with Gasteiger partial charge in [-0.2, -0.15) is 0 Å². The van der Waals surface area contributed by atoms with Gasteiger partial charge in [0.15, 0.2) is 5.13 Å². The van der Waals surface area contributed by atoms with E-state index in [9.17, 15) is 13.2 Å². The average Bonchev–Trinajstić information content (AvgIpc) is 2.86. The number of thiazole rings is 1. The van der Waals surface area contributed by atoms with Crippen molar-refractivity contribution in [1.29, 1.82) is 0 Å². The maximum atomic E-state index is 11.4. The Kier molecular flexibility index (Phi) is 3.84. The predicted octanol–water partition coefficient (Wildman–Crippen LogP) is 1.96.